The maximum Gasteiger partial charge on any atom is 0.276 e. The van der Waals surface area contributed by atoms with Gasteiger partial charge in [-0.05, 0) is 81.3 Å². The molecule has 46 heavy (non-hydrogen) atoms. The lowest BCUT2D eigenvalue weighted by atomic mass is 10.1. The number of fused-ring (bicyclic) bond motifs is 1. The van der Waals surface area contributed by atoms with E-state index in [9.17, 15) is 14.4 Å². The number of nitrogens with zero attached hydrogens (tertiary/aromatic N) is 5. The highest BCUT2D eigenvalue weighted by atomic mass is 16.5. The number of rotatable bonds is 13. The van der Waals surface area contributed by atoms with Crippen molar-refractivity contribution < 1.29 is 23.9 Å². The van der Waals surface area contributed by atoms with E-state index in [0.29, 0.717) is 40.6 Å². The first kappa shape index (κ1) is 32.6. The maximum absolute atomic E-state index is 13.6. The first-order chi connectivity index (χ1) is 22.3. The number of unbranched alkanes of at least 4 members (excludes halogenated alkanes) is 1. The second-order valence-corrected chi connectivity index (χ2v) is 11.7. The molecule has 4 aromatic rings. The van der Waals surface area contributed by atoms with Crippen LogP contribution in [0, 0.1) is 6.92 Å². The van der Waals surface area contributed by atoms with Crippen molar-refractivity contribution in [3.05, 3.63) is 83.9 Å². The fourth-order valence-corrected chi connectivity index (χ4v) is 5.67. The molecule has 11 nitrogen and oxygen atoms in total. The summed E-state index contributed by atoms with van der Waals surface area (Å²) in [5.74, 6) is 0.323. The minimum absolute atomic E-state index is 0.0608. The Hall–Kier alpha value is -4.74. The Morgan fingerprint density at radius 3 is 2.61 bits per heavy atom. The molecule has 5 rings (SSSR count). The average Bonchev–Trinajstić information content (AvgIpc) is 3.51. The topological polar surface area (TPSA) is 109 Å². The van der Waals surface area contributed by atoms with Crippen molar-refractivity contribution >= 4 is 35.0 Å². The van der Waals surface area contributed by atoms with Gasteiger partial charge in [-0.25, -0.2) is 4.98 Å². The van der Waals surface area contributed by atoms with Gasteiger partial charge >= 0.3 is 0 Å². The predicted octanol–water partition coefficient (Wildman–Crippen LogP) is 4.54. The van der Waals surface area contributed by atoms with Gasteiger partial charge in [-0.15, -0.1) is 0 Å². The molecule has 1 fully saturated rings. The number of methoxy groups -OCH3 is 1. The highest BCUT2D eigenvalue weighted by molar-refractivity contribution is 6.10. The van der Waals surface area contributed by atoms with Crippen LogP contribution in [0.15, 0.2) is 67.1 Å². The fourth-order valence-electron chi connectivity index (χ4n) is 5.67. The van der Waals surface area contributed by atoms with Crippen molar-refractivity contribution in [3.63, 3.8) is 0 Å². The van der Waals surface area contributed by atoms with Crippen LogP contribution in [0.3, 0.4) is 0 Å². The molecule has 0 saturated carbocycles. The van der Waals surface area contributed by atoms with Gasteiger partial charge in [0.2, 0.25) is 0 Å². The SMILES string of the molecule is COc1cc(C(=O)N(C)c2ccc(C)cc2OCCCCC(C=O)N2CCN(C)CC2)ccc1NC(=O)c1ncn2ccccc12. The van der Waals surface area contributed by atoms with Crippen LogP contribution in [0.5, 0.6) is 11.5 Å². The molecule has 1 unspecified atom stereocenters. The zero-order valence-electron chi connectivity index (χ0n) is 26.9. The smallest absolute Gasteiger partial charge is 0.276 e. The van der Waals surface area contributed by atoms with Gasteiger partial charge in [0, 0.05) is 45.0 Å². The summed E-state index contributed by atoms with van der Waals surface area (Å²) in [7, 11) is 5.30. The molecule has 1 aliphatic rings. The summed E-state index contributed by atoms with van der Waals surface area (Å²) in [4.78, 5) is 48.8. The van der Waals surface area contributed by atoms with E-state index in [1.165, 1.54) is 7.11 Å². The van der Waals surface area contributed by atoms with E-state index in [1.54, 1.807) is 40.9 Å². The van der Waals surface area contributed by atoms with Crippen LogP contribution in [0.1, 0.15) is 45.7 Å². The van der Waals surface area contributed by atoms with Gasteiger partial charge in [-0.3, -0.25) is 14.5 Å². The van der Waals surface area contributed by atoms with E-state index in [2.05, 4.69) is 27.1 Å². The number of nitrogens with one attached hydrogen (secondary N) is 1. The molecule has 3 heterocycles. The summed E-state index contributed by atoms with van der Waals surface area (Å²) >= 11 is 0. The van der Waals surface area contributed by atoms with Crippen molar-refractivity contribution in [2.24, 2.45) is 0 Å². The Balaban J connectivity index is 1.21. The third kappa shape index (κ3) is 7.55. The van der Waals surface area contributed by atoms with Crippen LogP contribution in [-0.4, -0.2) is 97.3 Å². The van der Waals surface area contributed by atoms with Gasteiger partial charge in [0.25, 0.3) is 11.8 Å². The van der Waals surface area contributed by atoms with E-state index in [0.717, 1.165) is 57.3 Å². The number of ether oxygens (including phenoxy) is 2. The summed E-state index contributed by atoms with van der Waals surface area (Å²) in [6.45, 7) is 6.24. The third-order valence-corrected chi connectivity index (χ3v) is 8.45. The van der Waals surface area contributed by atoms with Gasteiger partial charge in [-0.1, -0.05) is 12.1 Å². The molecule has 0 radical (unpaired) electrons. The monoisotopic (exact) mass is 626 g/mol. The molecule has 1 saturated heterocycles. The Morgan fingerprint density at radius 2 is 1.85 bits per heavy atom. The summed E-state index contributed by atoms with van der Waals surface area (Å²) < 4.78 is 13.5. The van der Waals surface area contributed by atoms with Crippen molar-refractivity contribution in [2.75, 3.05) is 64.2 Å². The molecule has 11 heteroatoms. The molecular formula is C35H42N6O5. The second-order valence-electron chi connectivity index (χ2n) is 11.7. The second kappa shape index (κ2) is 15.0. The summed E-state index contributed by atoms with van der Waals surface area (Å²) in [5.41, 5.74) is 3.44. The van der Waals surface area contributed by atoms with Gasteiger partial charge < -0.3 is 33.8 Å². The Kier molecular flexibility index (Phi) is 10.7. The number of carbonyl (C=O) groups excluding carboxylic acids is 3. The minimum Gasteiger partial charge on any atom is -0.495 e. The van der Waals surface area contributed by atoms with E-state index in [1.807, 2.05) is 49.5 Å². The number of hydrogen-bond acceptors (Lipinski definition) is 8. The molecule has 2 amide bonds. The van der Waals surface area contributed by atoms with Crippen LogP contribution in [0.2, 0.25) is 0 Å². The molecule has 2 aromatic heterocycles. The number of aromatic nitrogens is 2. The molecule has 1 atom stereocenters. The lowest BCUT2D eigenvalue weighted by Crippen LogP contribution is -2.49. The van der Waals surface area contributed by atoms with Gasteiger partial charge in [0.05, 0.1) is 36.6 Å². The van der Waals surface area contributed by atoms with Crippen molar-refractivity contribution in [2.45, 2.75) is 32.2 Å². The number of imidazole rings is 1. The minimum atomic E-state index is -0.384. The lowest BCUT2D eigenvalue weighted by Gasteiger charge is -2.35. The van der Waals surface area contributed by atoms with Crippen molar-refractivity contribution in [1.82, 2.24) is 19.2 Å². The summed E-state index contributed by atoms with van der Waals surface area (Å²) in [6.07, 6.45) is 6.94. The molecule has 1 N–H and O–H groups in total. The largest absolute Gasteiger partial charge is 0.495 e. The van der Waals surface area contributed by atoms with Gasteiger partial charge in [0.15, 0.2) is 5.69 Å². The van der Waals surface area contributed by atoms with Gasteiger partial charge in [-0.2, -0.15) is 0 Å². The Morgan fingerprint density at radius 1 is 1.04 bits per heavy atom. The molecular weight excluding hydrogens is 584 g/mol. The zero-order chi connectivity index (χ0) is 32.6. The zero-order valence-corrected chi connectivity index (χ0v) is 26.9. The molecule has 1 aliphatic heterocycles. The fraction of sp³-hybridized carbons (Fsp3) is 0.371. The molecule has 0 spiro atoms. The van der Waals surface area contributed by atoms with Crippen LogP contribution in [0.4, 0.5) is 11.4 Å². The van der Waals surface area contributed by atoms with Gasteiger partial charge in [0.1, 0.15) is 24.1 Å². The van der Waals surface area contributed by atoms with E-state index < -0.39 is 0 Å². The van der Waals surface area contributed by atoms with Crippen molar-refractivity contribution in [1.29, 1.82) is 0 Å². The lowest BCUT2D eigenvalue weighted by molar-refractivity contribution is -0.113. The number of likely N-dealkylation sites (N-methyl/N-ethyl adjacent to an activating group) is 1. The average molecular weight is 627 g/mol. The highest BCUT2D eigenvalue weighted by Gasteiger charge is 2.23. The number of pyridine rings is 1. The first-order valence-corrected chi connectivity index (χ1v) is 15.6. The number of carbonyl (C=O) groups is 3. The molecule has 0 bridgehead atoms. The quantitative estimate of drug-likeness (QED) is 0.170. The van der Waals surface area contributed by atoms with Crippen LogP contribution >= 0.6 is 0 Å². The number of amides is 2. The normalized spacial score (nSPS) is 14.5. The van der Waals surface area contributed by atoms with E-state index in [-0.39, 0.29) is 23.6 Å². The number of hydrogen-bond donors (Lipinski definition) is 1. The summed E-state index contributed by atoms with van der Waals surface area (Å²) in [5, 5.41) is 2.85. The van der Waals surface area contributed by atoms with Crippen LogP contribution in [-0.2, 0) is 4.79 Å². The number of benzene rings is 2. The highest BCUT2D eigenvalue weighted by Crippen LogP contribution is 2.32. The van der Waals surface area contributed by atoms with E-state index >= 15 is 0 Å². The van der Waals surface area contributed by atoms with Crippen LogP contribution < -0.4 is 19.7 Å². The standard InChI is InChI=1S/C35H42N6O5/c1-25-11-14-29(32(21-25)46-20-8-6-9-27(23-42)40-18-16-38(2)17-19-40)39(3)35(44)26-12-13-28(31(22-26)45-4)37-34(43)33-30-10-5-7-15-41(30)24-36-33/h5,7,10-15,21-24,27H,6,8-9,16-20H2,1-4H3,(H,37,43). The number of aldehydes is 1. The summed E-state index contributed by atoms with van der Waals surface area (Å²) in [6, 6.07) is 16.1. The number of anilines is 2. The molecule has 0 aliphatic carbocycles. The molecule has 242 valence electrons. The number of aryl methyl sites for hydroxylation is 1. The Bertz CT molecular complexity index is 1680. The first-order valence-electron chi connectivity index (χ1n) is 15.6. The third-order valence-electron chi connectivity index (χ3n) is 8.45. The van der Waals surface area contributed by atoms with E-state index in [4.69, 9.17) is 9.47 Å². The predicted molar refractivity (Wildman–Crippen MR) is 178 cm³/mol. The maximum atomic E-state index is 13.6. The Labute approximate surface area is 269 Å². The molecule has 2 aromatic carbocycles. The number of piperazine rings is 1. The van der Waals surface area contributed by atoms with Crippen LogP contribution in [0.25, 0.3) is 5.52 Å². The van der Waals surface area contributed by atoms with Crippen molar-refractivity contribution in [3.8, 4) is 11.5 Å².